The fourth-order valence-corrected chi connectivity index (χ4v) is 2.41. The molecule has 0 heterocycles. The highest BCUT2D eigenvalue weighted by atomic mass is 16.2. The maximum absolute atomic E-state index is 12.2. The van der Waals surface area contributed by atoms with Gasteiger partial charge in [-0.05, 0) is 49.5 Å². The van der Waals surface area contributed by atoms with Gasteiger partial charge in [0.1, 0.15) is 0 Å². The largest absolute Gasteiger partial charge is 0.355 e. The maximum Gasteiger partial charge on any atom is 0.265 e. The minimum absolute atomic E-state index is 0.0237. The molecule has 2 aromatic carbocycles. The molecule has 0 fully saturated rings. The van der Waals surface area contributed by atoms with E-state index in [4.69, 9.17) is 0 Å². The highest BCUT2D eigenvalue weighted by molar-refractivity contribution is 5.99. The average molecular weight is 412 g/mol. The fraction of sp³-hybridized carbons (Fsp3) is 0.200. The van der Waals surface area contributed by atoms with Gasteiger partial charge in [0.2, 0.25) is 0 Å². The Hall–Kier alpha value is -3.76. The lowest BCUT2D eigenvalue weighted by molar-refractivity contribution is 0.0903. The summed E-state index contributed by atoms with van der Waals surface area (Å²) in [6, 6.07) is 12.4. The van der Waals surface area contributed by atoms with Crippen molar-refractivity contribution in [2.75, 3.05) is 27.4 Å². The van der Waals surface area contributed by atoms with Gasteiger partial charge >= 0.3 is 0 Å². The van der Waals surface area contributed by atoms with Crippen LogP contribution in [-0.4, -0.2) is 51.1 Å². The first kappa shape index (κ1) is 22.5. The Morgan fingerprint density at radius 3 is 1.80 bits per heavy atom. The SMILES string of the molecule is CNCNC(=O)c1cccc(C(=O)NNCNC(=O)c2ccc(C(=O)NC)cc2)c1. The highest BCUT2D eigenvalue weighted by Crippen LogP contribution is 2.05. The van der Waals surface area contributed by atoms with Crippen molar-refractivity contribution >= 4 is 23.6 Å². The van der Waals surface area contributed by atoms with Gasteiger partial charge in [0.05, 0.1) is 13.3 Å². The lowest BCUT2D eigenvalue weighted by Gasteiger charge is -2.10. The molecule has 0 aliphatic rings. The summed E-state index contributed by atoms with van der Waals surface area (Å²) < 4.78 is 0. The van der Waals surface area contributed by atoms with Gasteiger partial charge in [0.25, 0.3) is 23.6 Å². The Balaban J connectivity index is 1.81. The molecule has 10 nitrogen and oxygen atoms in total. The lowest BCUT2D eigenvalue weighted by atomic mass is 10.1. The Kier molecular flexibility index (Phi) is 8.48. The van der Waals surface area contributed by atoms with Gasteiger partial charge < -0.3 is 21.3 Å². The third-order valence-electron chi connectivity index (χ3n) is 3.99. The van der Waals surface area contributed by atoms with Crippen LogP contribution in [0.25, 0.3) is 0 Å². The van der Waals surface area contributed by atoms with Crippen LogP contribution in [0.5, 0.6) is 0 Å². The maximum atomic E-state index is 12.2. The van der Waals surface area contributed by atoms with E-state index in [2.05, 4.69) is 32.1 Å². The first-order chi connectivity index (χ1) is 14.5. The van der Waals surface area contributed by atoms with E-state index in [-0.39, 0.29) is 30.0 Å². The molecule has 2 aromatic rings. The number of rotatable bonds is 9. The first-order valence-corrected chi connectivity index (χ1v) is 9.12. The smallest absolute Gasteiger partial charge is 0.265 e. The van der Waals surface area contributed by atoms with Gasteiger partial charge in [-0.15, -0.1) is 0 Å². The third kappa shape index (κ3) is 6.40. The van der Waals surface area contributed by atoms with Crippen LogP contribution in [0.15, 0.2) is 48.5 Å². The van der Waals surface area contributed by atoms with E-state index in [0.717, 1.165) is 0 Å². The molecule has 0 aliphatic carbocycles. The van der Waals surface area contributed by atoms with Crippen LogP contribution in [0.1, 0.15) is 41.4 Å². The fourth-order valence-electron chi connectivity index (χ4n) is 2.41. The molecule has 0 saturated carbocycles. The van der Waals surface area contributed by atoms with E-state index in [1.807, 2.05) is 0 Å². The van der Waals surface area contributed by atoms with E-state index in [1.54, 1.807) is 37.4 Å². The molecule has 10 heteroatoms. The molecule has 0 aliphatic heterocycles. The highest BCUT2D eigenvalue weighted by Gasteiger charge is 2.11. The minimum atomic E-state index is -0.456. The van der Waals surface area contributed by atoms with Gasteiger partial charge in [-0.25, -0.2) is 5.43 Å². The quantitative estimate of drug-likeness (QED) is 0.188. The van der Waals surface area contributed by atoms with Gasteiger partial charge in [-0.2, -0.15) is 0 Å². The molecule has 30 heavy (non-hydrogen) atoms. The number of carbonyl (C=O) groups is 4. The number of benzene rings is 2. The summed E-state index contributed by atoms with van der Waals surface area (Å²) >= 11 is 0. The van der Waals surface area contributed by atoms with Crippen molar-refractivity contribution in [2.45, 2.75) is 0 Å². The van der Waals surface area contributed by atoms with Crippen LogP contribution in [-0.2, 0) is 0 Å². The molecule has 0 atom stereocenters. The zero-order valence-corrected chi connectivity index (χ0v) is 16.7. The Bertz CT molecular complexity index is 914. The van der Waals surface area contributed by atoms with E-state index in [9.17, 15) is 19.2 Å². The van der Waals surface area contributed by atoms with Crippen molar-refractivity contribution in [1.29, 1.82) is 0 Å². The van der Waals surface area contributed by atoms with Crippen molar-refractivity contribution in [2.24, 2.45) is 0 Å². The second kappa shape index (κ2) is 11.3. The second-order valence-electron chi connectivity index (χ2n) is 6.09. The van der Waals surface area contributed by atoms with E-state index in [0.29, 0.717) is 23.4 Å². The van der Waals surface area contributed by atoms with Gasteiger partial charge in [-0.1, -0.05) is 6.07 Å². The first-order valence-electron chi connectivity index (χ1n) is 9.12. The van der Waals surface area contributed by atoms with Crippen molar-refractivity contribution < 1.29 is 19.2 Å². The standard InChI is InChI=1S/C20H24N6O4/c1-21-11-23-19(29)15-4-3-5-16(10-15)20(30)26-25-12-24-18(28)14-8-6-13(7-9-14)17(27)22-2/h3-10,21,25H,11-12H2,1-2H3,(H,22,27)(H,23,29)(H,24,28)(H,26,30). The number of amides is 4. The molecule has 4 amide bonds. The lowest BCUT2D eigenvalue weighted by Crippen LogP contribution is -2.44. The van der Waals surface area contributed by atoms with Crippen molar-refractivity contribution in [3.05, 3.63) is 70.8 Å². The van der Waals surface area contributed by atoms with Crippen molar-refractivity contribution in [3.8, 4) is 0 Å². The summed E-state index contributed by atoms with van der Waals surface area (Å²) in [6.07, 6.45) is 0. The Labute approximate surface area is 173 Å². The monoisotopic (exact) mass is 412 g/mol. The molecular formula is C20H24N6O4. The van der Waals surface area contributed by atoms with E-state index >= 15 is 0 Å². The summed E-state index contributed by atoms with van der Waals surface area (Å²) in [5.74, 6) is -1.37. The molecule has 0 aromatic heterocycles. The second-order valence-corrected chi connectivity index (χ2v) is 6.09. The van der Waals surface area contributed by atoms with Crippen LogP contribution < -0.4 is 32.1 Å². The molecule has 0 radical (unpaired) electrons. The van der Waals surface area contributed by atoms with Gasteiger partial charge in [0, 0.05) is 29.3 Å². The van der Waals surface area contributed by atoms with E-state index in [1.165, 1.54) is 25.2 Å². The predicted molar refractivity (Wildman–Crippen MR) is 111 cm³/mol. The molecule has 6 N–H and O–H groups in total. The van der Waals surface area contributed by atoms with Crippen LogP contribution >= 0.6 is 0 Å². The van der Waals surface area contributed by atoms with Gasteiger partial charge in [0.15, 0.2) is 0 Å². The van der Waals surface area contributed by atoms with Crippen LogP contribution in [0.4, 0.5) is 0 Å². The predicted octanol–water partition coefficient (Wildman–Crippen LogP) is -0.425. The van der Waals surface area contributed by atoms with Gasteiger partial charge in [-0.3, -0.25) is 24.6 Å². The van der Waals surface area contributed by atoms with Crippen LogP contribution in [0.2, 0.25) is 0 Å². The number of hydrogen-bond acceptors (Lipinski definition) is 6. The summed E-state index contributed by atoms with van der Waals surface area (Å²) in [5, 5.41) is 10.5. The average Bonchev–Trinajstić information content (AvgIpc) is 2.79. The van der Waals surface area contributed by atoms with Crippen LogP contribution in [0, 0.1) is 0 Å². The molecule has 2 rings (SSSR count). The van der Waals surface area contributed by atoms with Crippen molar-refractivity contribution in [3.63, 3.8) is 0 Å². The zero-order chi connectivity index (χ0) is 21.9. The topological polar surface area (TPSA) is 140 Å². The number of nitrogens with one attached hydrogen (secondary N) is 6. The molecule has 0 spiro atoms. The summed E-state index contributed by atoms with van der Waals surface area (Å²) in [4.78, 5) is 47.8. The Morgan fingerprint density at radius 1 is 0.667 bits per heavy atom. The number of hydrogen-bond donors (Lipinski definition) is 6. The molecule has 158 valence electrons. The molecule has 0 bridgehead atoms. The molecule has 0 unspecified atom stereocenters. The van der Waals surface area contributed by atoms with Crippen molar-refractivity contribution in [1.82, 2.24) is 32.1 Å². The number of hydrazine groups is 1. The summed E-state index contributed by atoms with van der Waals surface area (Å²) in [5.41, 5.74) is 6.50. The molecular weight excluding hydrogens is 388 g/mol. The summed E-state index contributed by atoms with van der Waals surface area (Å²) in [6.45, 7) is 0.287. The van der Waals surface area contributed by atoms with Crippen LogP contribution in [0.3, 0.4) is 0 Å². The third-order valence-corrected chi connectivity index (χ3v) is 3.99. The zero-order valence-electron chi connectivity index (χ0n) is 16.7. The Morgan fingerprint density at radius 2 is 1.20 bits per heavy atom. The molecule has 0 saturated heterocycles. The number of carbonyl (C=O) groups excluding carboxylic acids is 4. The van der Waals surface area contributed by atoms with E-state index < -0.39 is 5.91 Å². The summed E-state index contributed by atoms with van der Waals surface area (Å²) in [7, 11) is 3.23. The normalized spacial score (nSPS) is 10.1. The minimum Gasteiger partial charge on any atom is -0.355 e.